The van der Waals surface area contributed by atoms with Crippen molar-refractivity contribution in [2.24, 2.45) is 4.99 Å². The van der Waals surface area contributed by atoms with Crippen molar-refractivity contribution in [3.8, 4) is 0 Å². The zero-order valence-electron chi connectivity index (χ0n) is 10.2. The van der Waals surface area contributed by atoms with E-state index >= 15 is 0 Å². The molecule has 3 nitrogen and oxygen atoms in total. The number of nitrogens with zero attached hydrogens (tertiary/aromatic N) is 3. The molecule has 1 fully saturated rings. The lowest BCUT2D eigenvalue weighted by Gasteiger charge is -2.26. The predicted molar refractivity (Wildman–Crippen MR) is 77.5 cm³/mol. The molecule has 0 saturated carbocycles. The minimum absolute atomic E-state index is 0.410. The number of amidine groups is 1. The minimum atomic E-state index is 0.410. The summed E-state index contributed by atoms with van der Waals surface area (Å²) in [5.41, 5.74) is 2.44. The van der Waals surface area contributed by atoms with Crippen LogP contribution in [0.2, 0.25) is 0 Å². The number of hydrogen-bond acceptors (Lipinski definition) is 3. The first-order chi connectivity index (χ1) is 8.86. The van der Waals surface area contributed by atoms with E-state index in [-0.39, 0.29) is 0 Å². The lowest BCUT2D eigenvalue weighted by atomic mass is 10.1. The number of hydrogen-bond donors (Lipinski definition) is 0. The van der Waals surface area contributed by atoms with Crippen LogP contribution >= 0.6 is 12.2 Å². The molecule has 3 aliphatic rings. The molecule has 0 N–H and O–H groups in total. The van der Waals surface area contributed by atoms with Crippen LogP contribution in [0.5, 0.6) is 0 Å². The van der Waals surface area contributed by atoms with Crippen molar-refractivity contribution < 1.29 is 0 Å². The Morgan fingerprint density at radius 2 is 2.11 bits per heavy atom. The summed E-state index contributed by atoms with van der Waals surface area (Å²) in [6.45, 7) is 2.99. The van der Waals surface area contributed by atoms with Crippen LogP contribution in [0.3, 0.4) is 0 Å². The number of aliphatic imine (C=N–C) groups is 1. The maximum atomic E-state index is 5.71. The number of para-hydroxylation sites is 1. The molecule has 1 aromatic rings. The highest BCUT2D eigenvalue weighted by Crippen LogP contribution is 2.34. The first kappa shape index (κ1) is 10.5. The van der Waals surface area contributed by atoms with Gasteiger partial charge in [-0.1, -0.05) is 24.4 Å². The molecule has 0 amide bonds. The molecule has 4 rings (SSSR count). The fourth-order valence-corrected chi connectivity index (χ4v) is 3.71. The molecular weight excluding hydrogens is 242 g/mol. The molecule has 1 atom stereocenters. The third-order valence-electron chi connectivity index (χ3n) is 4.11. The second-order valence-electron chi connectivity index (χ2n) is 5.07. The van der Waals surface area contributed by atoms with Crippen molar-refractivity contribution in [3.05, 3.63) is 29.8 Å². The summed E-state index contributed by atoms with van der Waals surface area (Å²) in [4.78, 5) is 10.5. The number of benzene rings is 1. The van der Waals surface area contributed by atoms with Crippen molar-refractivity contribution in [2.45, 2.75) is 18.9 Å². The van der Waals surface area contributed by atoms with E-state index < -0.39 is 0 Å². The van der Waals surface area contributed by atoms with Gasteiger partial charge in [-0.2, -0.15) is 0 Å². The fourth-order valence-electron chi connectivity index (χ4n) is 3.32. The van der Waals surface area contributed by atoms with Crippen molar-refractivity contribution >= 4 is 28.7 Å². The van der Waals surface area contributed by atoms with Crippen LogP contribution < -0.4 is 4.90 Å². The van der Waals surface area contributed by atoms with E-state index in [1.54, 1.807) is 0 Å². The Morgan fingerprint density at radius 3 is 3.06 bits per heavy atom. The average molecular weight is 257 g/mol. The Balaban J connectivity index is 1.93. The van der Waals surface area contributed by atoms with E-state index in [1.807, 2.05) is 0 Å². The quantitative estimate of drug-likeness (QED) is 0.663. The Hall–Kier alpha value is -1.42. The lowest BCUT2D eigenvalue weighted by molar-refractivity contribution is 0.476. The van der Waals surface area contributed by atoms with Crippen LogP contribution in [0.4, 0.5) is 5.69 Å². The number of rotatable bonds is 0. The van der Waals surface area contributed by atoms with E-state index in [9.17, 15) is 0 Å². The molecule has 3 aliphatic heterocycles. The van der Waals surface area contributed by atoms with Gasteiger partial charge in [-0.05, 0) is 25.0 Å². The summed E-state index contributed by atoms with van der Waals surface area (Å²) in [7, 11) is 0. The lowest BCUT2D eigenvalue weighted by Crippen LogP contribution is -2.42. The molecule has 0 radical (unpaired) electrons. The van der Waals surface area contributed by atoms with Gasteiger partial charge in [-0.15, -0.1) is 0 Å². The first-order valence-corrected chi connectivity index (χ1v) is 6.99. The normalized spacial score (nSPS) is 25.4. The minimum Gasteiger partial charge on any atom is -0.352 e. The SMILES string of the molecule is S=C1c2ccccc2N2CCN=C2C2CCCN12. The van der Waals surface area contributed by atoms with Crippen LogP contribution in [0.15, 0.2) is 29.3 Å². The maximum Gasteiger partial charge on any atom is 0.127 e. The highest BCUT2D eigenvalue weighted by atomic mass is 32.1. The first-order valence-electron chi connectivity index (χ1n) is 6.58. The van der Waals surface area contributed by atoms with Crippen LogP contribution in [-0.4, -0.2) is 41.4 Å². The monoisotopic (exact) mass is 257 g/mol. The molecule has 0 spiro atoms. The van der Waals surface area contributed by atoms with E-state index in [0.717, 1.165) is 24.6 Å². The third-order valence-corrected chi connectivity index (χ3v) is 4.57. The standard InChI is InChI=1S/C14H15N3S/c18-14-10-4-1-2-5-11(10)16-9-7-15-13(16)12-6-3-8-17(12)14/h1-2,4-5,12H,3,6-9H2. The summed E-state index contributed by atoms with van der Waals surface area (Å²) in [5, 5.41) is 0. The van der Waals surface area contributed by atoms with Gasteiger partial charge in [0.1, 0.15) is 10.8 Å². The number of anilines is 1. The smallest absolute Gasteiger partial charge is 0.127 e. The van der Waals surface area contributed by atoms with E-state index in [2.05, 4.69) is 34.1 Å². The van der Waals surface area contributed by atoms with Gasteiger partial charge in [0, 0.05) is 18.7 Å². The molecule has 4 heteroatoms. The van der Waals surface area contributed by atoms with Gasteiger partial charge >= 0.3 is 0 Å². The molecule has 3 heterocycles. The van der Waals surface area contributed by atoms with Gasteiger partial charge in [0.05, 0.1) is 18.3 Å². The van der Waals surface area contributed by atoms with E-state index in [1.165, 1.54) is 29.9 Å². The molecule has 0 aliphatic carbocycles. The van der Waals surface area contributed by atoms with Crippen LogP contribution in [0, 0.1) is 0 Å². The van der Waals surface area contributed by atoms with Crippen LogP contribution in [0.1, 0.15) is 18.4 Å². The second-order valence-corrected chi connectivity index (χ2v) is 5.45. The molecule has 1 unspecified atom stereocenters. The van der Waals surface area contributed by atoms with Gasteiger partial charge < -0.3 is 9.80 Å². The number of thiocarbonyl (C=S) groups is 1. The van der Waals surface area contributed by atoms with Gasteiger partial charge in [0.2, 0.25) is 0 Å². The predicted octanol–water partition coefficient (Wildman–Crippen LogP) is 2.06. The van der Waals surface area contributed by atoms with E-state index in [4.69, 9.17) is 17.2 Å². The molecular formula is C14H15N3S. The number of fused-ring (bicyclic) bond motifs is 5. The fraction of sp³-hybridized carbons (Fsp3) is 0.429. The van der Waals surface area contributed by atoms with Crippen molar-refractivity contribution in [1.29, 1.82) is 0 Å². The van der Waals surface area contributed by atoms with Gasteiger partial charge in [-0.3, -0.25) is 4.99 Å². The summed E-state index contributed by atoms with van der Waals surface area (Å²) >= 11 is 5.71. The highest BCUT2D eigenvalue weighted by Gasteiger charge is 2.39. The Morgan fingerprint density at radius 1 is 1.22 bits per heavy atom. The van der Waals surface area contributed by atoms with Crippen LogP contribution in [-0.2, 0) is 0 Å². The van der Waals surface area contributed by atoms with Crippen LogP contribution in [0.25, 0.3) is 0 Å². The van der Waals surface area contributed by atoms with Gasteiger partial charge in [-0.25, -0.2) is 0 Å². The summed E-state index contributed by atoms with van der Waals surface area (Å²) in [6.07, 6.45) is 2.41. The molecule has 92 valence electrons. The molecule has 0 aromatic heterocycles. The van der Waals surface area contributed by atoms with Gasteiger partial charge in [0.25, 0.3) is 0 Å². The zero-order valence-corrected chi connectivity index (χ0v) is 11.0. The van der Waals surface area contributed by atoms with Gasteiger partial charge in [0.15, 0.2) is 0 Å². The van der Waals surface area contributed by atoms with Crippen molar-refractivity contribution in [1.82, 2.24) is 4.90 Å². The highest BCUT2D eigenvalue weighted by molar-refractivity contribution is 7.80. The largest absolute Gasteiger partial charge is 0.352 e. The molecule has 18 heavy (non-hydrogen) atoms. The van der Waals surface area contributed by atoms with Crippen molar-refractivity contribution in [3.63, 3.8) is 0 Å². The Labute approximate surface area is 112 Å². The Bertz CT molecular complexity index is 552. The second kappa shape index (κ2) is 3.79. The average Bonchev–Trinajstić information content (AvgIpc) is 3.04. The molecule has 0 bridgehead atoms. The summed E-state index contributed by atoms with van der Waals surface area (Å²) in [5.74, 6) is 1.24. The zero-order chi connectivity index (χ0) is 12.1. The summed E-state index contributed by atoms with van der Waals surface area (Å²) < 4.78 is 0. The molecule has 1 aromatic carbocycles. The third kappa shape index (κ3) is 1.29. The molecule has 1 saturated heterocycles. The maximum absolute atomic E-state index is 5.71. The summed E-state index contributed by atoms with van der Waals surface area (Å²) in [6, 6.07) is 8.90. The van der Waals surface area contributed by atoms with E-state index in [0.29, 0.717) is 6.04 Å². The topological polar surface area (TPSA) is 18.8 Å². The van der Waals surface area contributed by atoms with Crippen molar-refractivity contribution in [2.75, 3.05) is 24.5 Å². The Kier molecular flexibility index (Phi) is 2.21.